The van der Waals surface area contributed by atoms with Crippen molar-refractivity contribution >= 4 is 11.8 Å². The van der Waals surface area contributed by atoms with E-state index in [0.29, 0.717) is 24.9 Å². The van der Waals surface area contributed by atoms with E-state index < -0.39 is 0 Å². The highest BCUT2D eigenvalue weighted by Gasteiger charge is 1.99. The summed E-state index contributed by atoms with van der Waals surface area (Å²) >= 11 is 0. The number of nitrogens with zero attached hydrogens (tertiary/aromatic N) is 3. The molecule has 0 bridgehead atoms. The van der Waals surface area contributed by atoms with Crippen molar-refractivity contribution in [3.63, 3.8) is 0 Å². The summed E-state index contributed by atoms with van der Waals surface area (Å²) in [5, 5.41) is 7.11. The smallest absolute Gasteiger partial charge is 0.211 e. The molecule has 0 saturated carbocycles. The second kappa shape index (κ2) is 6.81. The number of ether oxygens (including phenoxy) is 1. The number of hydrogen-bond donors (Lipinski definition) is 3. The van der Waals surface area contributed by atoms with Crippen LogP contribution in [0.4, 0.5) is 5.82 Å². The third-order valence-corrected chi connectivity index (χ3v) is 1.87. The van der Waals surface area contributed by atoms with Crippen LogP contribution in [0.3, 0.4) is 0 Å². The molecule has 0 radical (unpaired) electrons. The number of aryl methyl sites for hydroxylation is 1. The van der Waals surface area contributed by atoms with Gasteiger partial charge < -0.3 is 10.1 Å². The molecule has 0 fully saturated rings. The first kappa shape index (κ1) is 12.5. The zero-order chi connectivity index (χ0) is 11.8. The Balaban J connectivity index is 2.42. The van der Waals surface area contributed by atoms with Crippen molar-refractivity contribution in [2.75, 3.05) is 25.6 Å². The number of nitrogens with one attached hydrogen (secondary N) is 2. The Kier molecular flexibility index (Phi) is 5.30. The number of rotatable bonds is 5. The van der Waals surface area contributed by atoms with Crippen LogP contribution in [0.5, 0.6) is 0 Å². The highest BCUT2D eigenvalue weighted by atomic mass is 16.5. The van der Waals surface area contributed by atoms with E-state index in [2.05, 4.69) is 20.8 Å². The van der Waals surface area contributed by atoms with E-state index in [4.69, 9.17) is 10.6 Å². The first-order valence-electron chi connectivity index (χ1n) is 5.03. The third kappa shape index (κ3) is 4.28. The lowest BCUT2D eigenvalue weighted by molar-refractivity contribution is 0.197. The Morgan fingerprint density at radius 2 is 2.50 bits per heavy atom. The lowest BCUT2D eigenvalue weighted by Gasteiger charge is -2.06. The highest BCUT2D eigenvalue weighted by molar-refractivity contribution is 5.92. The topological polar surface area (TPSA) is 89.5 Å². The fraction of sp³-hybridized carbons (Fsp3) is 0.556. The van der Waals surface area contributed by atoms with Gasteiger partial charge in [-0.25, -0.2) is 5.84 Å². The Morgan fingerprint density at radius 3 is 3.06 bits per heavy atom. The van der Waals surface area contributed by atoms with E-state index in [1.54, 1.807) is 11.8 Å². The summed E-state index contributed by atoms with van der Waals surface area (Å²) in [7, 11) is 3.51. The van der Waals surface area contributed by atoms with Crippen LogP contribution in [-0.2, 0) is 11.8 Å². The van der Waals surface area contributed by atoms with Gasteiger partial charge in [0.15, 0.2) is 5.82 Å². The number of anilines is 1. The van der Waals surface area contributed by atoms with Crippen molar-refractivity contribution in [2.45, 2.75) is 6.42 Å². The molecule has 0 aliphatic heterocycles. The minimum absolute atomic E-state index is 0.495. The van der Waals surface area contributed by atoms with Crippen molar-refractivity contribution in [1.29, 1.82) is 0 Å². The molecule has 0 aliphatic carbocycles. The van der Waals surface area contributed by atoms with E-state index in [1.165, 1.54) is 0 Å². The number of nitrogens with two attached hydrogens (primary N) is 1. The molecule has 0 unspecified atom stereocenters. The van der Waals surface area contributed by atoms with E-state index in [1.807, 2.05) is 19.3 Å². The molecule has 7 nitrogen and oxygen atoms in total. The number of aromatic nitrogens is 2. The van der Waals surface area contributed by atoms with Gasteiger partial charge in [0.25, 0.3) is 0 Å². The van der Waals surface area contributed by atoms with Crippen LogP contribution < -0.4 is 16.6 Å². The zero-order valence-electron chi connectivity index (χ0n) is 9.60. The second-order valence-electron chi connectivity index (χ2n) is 3.22. The van der Waals surface area contributed by atoms with Crippen molar-refractivity contribution < 1.29 is 4.74 Å². The van der Waals surface area contributed by atoms with Crippen LogP contribution >= 0.6 is 0 Å². The van der Waals surface area contributed by atoms with Crippen LogP contribution in [0.15, 0.2) is 17.3 Å². The summed E-state index contributed by atoms with van der Waals surface area (Å²) in [5.41, 5.74) is 2.49. The summed E-state index contributed by atoms with van der Waals surface area (Å²) in [4.78, 5) is 4.22. The van der Waals surface area contributed by atoms with Crippen molar-refractivity contribution in [3.05, 3.63) is 12.3 Å². The molecule has 16 heavy (non-hydrogen) atoms. The summed E-state index contributed by atoms with van der Waals surface area (Å²) in [6.45, 7) is 1.33. The summed E-state index contributed by atoms with van der Waals surface area (Å²) in [5.74, 6) is 6.53. The molecule has 1 rings (SSSR count). The van der Waals surface area contributed by atoms with Crippen molar-refractivity contribution in [2.24, 2.45) is 17.9 Å². The first-order chi connectivity index (χ1) is 7.76. The fourth-order valence-electron chi connectivity index (χ4n) is 1.12. The molecule has 7 heteroatoms. The largest absolute Gasteiger partial charge is 0.385 e. The Morgan fingerprint density at radius 1 is 1.69 bits per heavy atom. The summed E-state index contributed by atoms with van der Waals surface area (Å²) < 4.78 is 6.62. The van der Waals surface area contributed by atoms with Gasteiger partial charge in [0.2, 0.25) is 5.96 Å². The van der Waals surface area contributed by atoms with Gasteiger partial charge in [0.05, 0.1) is 0 Å². The summed E-state index contributed by atoms with van der Waals surface area (Å²) in [6, 6.07) is 1.84. The summed E-state index contributed by atoms with van der Waals surface area (Å²) in [6.07, 6.45) is 2.69. The Bertz CT molecular complexity index is 334. The van der Waals surface area contributed by atoms with Gasteiger partial charge in [0.1, 0.15) is 0 Å². The Labute approximate surface area is 94.6 Å². The van der Waals surface area contributed by atoms with Gasteiger partial charge in [0, 0.05) is 39.6 Å². The molecule has 1 aromatic heterocycles. The molecule has 0 aliphatic rings. The molecule has 0 atom stereocenters. The zero-order valence-corrected chi connectivity index (χ0v) is 9.60. The average Bonchev–Trinajstić information content (AvgIpc) is 2.68. The maximum Gasteiger partial charge on any atom is 0.211 e. The molecule has 0 amide bonds. The van der Waals surface area contributed by atoms with Gasteiger partial charge in [-0.3, -0.25) is 15.1 Å². The number of aliphatic imine (C=N–C) groups is 1. The van der Waals surface area contributed by atoms with Gasteiger partial charge in [-0.2, -0.15) is 5.10 Å². The van der Waals surface area contributed by atoms with Gasteiger partial charge in [-0.15, -0.1) is 0 Å². The maximum atomic E-state index is 5.33. The highest BCUT2D eigenvalue weighted by Crippen LogP contribution is 1.99. The number of methoxy groups -OCH3 is 1. The minimum atomic E-state index is 0.495. The van der Waals surface area contributed by atoms with Crippen LogP contribution in [0.2, 0.25) is 0 Å². The van der Waals surface area contributed by atoms with Crippen LogP contribution in [0, 0.1) is 0 Å². The standard InChI is InChI=1S/C9H18N6O/c1-15-6-4-8(14-15)12-9(13-10)11-5-3-7-16-2/h4,6H,3,5,7,10H2,1-2H3,(H2,11,12,13,14). The predicted octanol–water partition coefficient (Wildman–Crippen LogP) is -0.312. The predicted molar refractivity (Wildman–Crippen MR) is 62.9 cm³/mol. The van der Waals surface area contributed by atoms with Crippen LogP contribution in [0.25, 0.3) is 0 Å². The molecule has 1 aromatic rings. The minimum Gasteiger partial charge on any atom is -0.385 e. The molecular weight excluding hydrogens is 208 g/mol. The van der Waals surface area contributed by atoms with Crippen molar-refractivity contribution in [1.82, 2.24) is 15.2 Å². The first-order valence-corrected chi connectivity index (χ1v) is 5.03. The average molecular weight is 226 g/mol. The van der Waals surface area contributed by atoms with Gasteiger partial charge in [-0.05, 0) is 6.42 Å². The molecule has 4 N–H and O–H groups in total. The molecule has 0 spiro atoms. The van der Waals surface area contributed by atoms with E-state index in [9.17, 15) is 0 Å². The quantitative estimate of drug-likeness (QED) is 0.211. The third-order valence-electron chi connectivity index (χ3n) is 1.87. The molecule has 0 saturated heterocycles. The number of hydrogen-bond acceptors (Lipinski definition) is 4. The van der Waals surface area contributed by atoms with Crippen LogP contribution in [0.1, 0.15) is 6.42 Å². The lowest BCUT2D eigenvalue weighted by atomic mass is 10.5. The van der Waals surface area contributed by atoms with Crippen LogP contribution in [-0.4, -0.2) is 36.0 Å². The van der Waals surface area contributed by atoms with Gasteiger partial charge in [-0.1, -0.05) is 0 Å². The van der Waals surface area contributed by atoms with E-state index in [-0.39, 0.29) is 0 Å². The maximum absolute atomic E-state index is 5.33. The molecule has 1 heterocycles. The fourth-order valence-corrected chi connectivity index (χ4v) is 1.12. The number of hydrazine groups is 1. The molecular formula is C9H18N6O. The monoisotopic (exact) mass is 226 g/mol. The number of guanidine groups is 1. The molecule has 90 valence electrons. The Hall–Kier alpha value is -1.60. The normalized spacial score (nSPS) is 11.6. The lowest BCUT2D eigenvalue weighted by Crippen LogP contribution is -2.36. The molecule has 0 aromatic carbocycles. The second-order valence-corrected chi connectivity index (χ2v) is 3.22. The van der Waals surface area contributed by atoms with Crippen molar-refractivity contribution in [3.8, 4) is 0 Å². The van der Waals surface area contributed by atoms with E-state index >= 15 is 0 Å². The van der Waals surface area contributed by atoms with E-state index in [0.717, 1.165) is 6.42 Å². The van der Waals surface area contributed by atoms with Gasteiger partial charge >= 0.3 is 0 Å². The SMILES string of the molecule is COCCCN=C(NN)Nc1ccn(C)n1.